The Kier molecular flexibility index (Phi) is 10.4. The monoisotopic (exact) mass is 426 g/mol. The molecule has 3 unspecified atom stereocenters. The van der Waals surface area contributed by atoms with Crippen LogP contribution in [-0.4, -0.2) is 81.0 Å². The normalized spacial score (nSPS) is 30.2. The van der Waals surface area contributed by atoms with Crippen LogP contribution in [0.15, 0.2) is 0 Å². The number of rotatable bonds is 6. The summed E-state index contributed by atoms with van der Waals surface area (Å²) in [5.74, 6) is 0.442. The van der Waals surface area contributed by atoms with E-state index in [-0.39, 0.29) is 29.6 Å². The van der Waals surface area contributed by atoms with E-state index in [1.54, 1.807) is 6.92 Å². The second-order valence-electron chi connectivity index (χ2n) is 9.52. The Bertz CT molecular complexity index is 596. The average Bonchev–Trinajstić information content (AvgIpc) is 2.62. The van der Waals surface area contributed by atoms with Crippen molar-refractivity contribution in [3.63, 3.8) is 0 Å². The average molecular weight is 427 g/mol. The van der Waals surface area contributed by atoms with E-state index in [9.17, 15) is 14.4 Å². The van der Waals surface area contributed by atoms with Crippen molar-refractivity contribution in [2.75, 3.05) is 53.5 Å². The Hall–Kier alpha value is -1.47. The quantitative estimate of drug-likeness (QED) is 0.605. The van der Waals surface area contributed by atoms with E-state index in [0.717, 1.165) is 19.6 Å². The van der Waals surface area contributed by atoms with Crippen LogP contribution < -0.4 is 0 Å². The fourth-order valence-corrected chi connectivity index (χ4v) is 4.43. The molecular weight excluding hydrogens is 384 g/mol. The van der Waals surface area contributed by atoms with Crippen LogP contribution in [-0.2, 0) is 23.9 Å². The zero-order valence-corrected chi connectivity index (χ0v) is 20.1. The Morgan fingerprint density at radius 3 is 2.07 bits per heavy atom. The maximum absolute atomic E-state index is 11.8. The van der Waals surface area contributed by atoms with Crippen LogP contribution >= 0.6 is 0 Å². The van der Waals surface area contributed by atoms with E-state index in [0.29, 0.717) is 38.5 Å². The zero-order chi connectivity index (χ0) is 22.9. The molecule has 0 saturated carbocycles. The SMILES string of the molecule is CCOC(=O)CC1(C)CN(C)CCC1=O.CCOC(=O)CC1(C)CN(C)CCC1C. The lowest BCUT2D eigenvalue weighted by Gasteiger charge is -2.43. The molecule has 3 atom stereocenters. The Morgan fingerprint density at radius 2 is 1.50 bits per heavy atom. The summed E-state index contributed by atoms with van der Waals surface area (Å²) in [4.78, 5) is 39.1. The molecule has 7 nitrogen and oxygen atoms in total. The molecule has 0 N–H and O–H groups in total. The number of nitrogens with zero attached hydrogens (tertiary/aromatic N) is 2. The number of carbonyl (C=O) groups is 3. The van der Waals surface area contributed by atoms with Crippen molar-refractivity contribution in [3.8, 4) is 0 Å². The van der Waals surface area contributed by atoms with Crippen molar-refractivity contribution in [3.05, 3.63) is 0 Å². The van der Waals surface area contributed by atoms with Crippen LogP contribution in [0.1, 0.15) is 60.3 Å². The molecule has 0 radical (unpaired) electrons. The van der Waals surface area contributed by atoms with E-state index in [2.05, 4.69) is 30.7 Å². The van der Waals surface area contributed by atoms with E-state index in [1.807, 2.05) is 20.9 Å². The molecule has 2 heterocycles. The Balaban J connectivity index is 0.000000300. The van der Waals surface area contributed by atoms with Crippen molar-refractivity contribution in [2.45, 2.75) is 60.3 Å². The number of likely N-dealkylation sites (tertiary alicyclic amines) is 2. The minimum atomic E-state index is -0.556. The summed E-state index contributed by atoms with van der Waals surface area (Å²) in [5, 5.41) is 0. The number of piperidine rings is 2. The van der Waals surface area contributed by atoms with Crippen LogP contribution in [0, 0.1) is 16.7 Å². The van der Waals surface area contributed by atoms with Crippen LogP contribution in [0.2, 0.25) is 0 Å². The molecular formula is C23H42N2O5. The van der Waals surface area contributed by atoms with Gasteiger partial charge in [-0.15, -0.1) is 0 Å². The number of ketones is 1. The summed E-state index contributed by atoms with van der Waals surface area (Å²) < 4.78 is 9.92. The first-order chi connectivity index (χ1) is 14.0. The predicted octanol–water partition coefficient (Wildman–Crippen LogP) is 2.77. The summed E-state index contributed by atoms with van der Waals surface area (Å²) in [7, 11) is 4.09. The first kappa shape index (κ1) is 26.6. The lowest BCUT2D eigenvalue weighted by molar-refractivity contribution is -0.151. The van der Waals surface area contributed by atoms with Gasteiger partial charge < -0.3 is 19.3 Å². The molecule has 174 valence electrons. The highest BCUT2D eigenvalue weighted by Gasteiger charge is 2.40. The second kappa shape index (κ2) is 11.8. The van der Waals surface area contributed by atoms with E-state index in [4.69, 9.17) is 9.47 Å². The summed E-state index contributed by atoms with van der Waals surface area (Å²) in [6, 6.07) is 0. The van der Waals surface area contributed by atoms with Gasteiger partial charge in [0.15, 0.2) is 0 Å². The smallest absolute Gasteiger partial charge is 0.306 e. The van der Waals surface area contributed by atoms with Gasteiger partial charge in [-0.2, -0.15) is 0 Å². The number of carbonyl (C=O) groups excluding carboxylic acids is 3. The molecule has 0 bridgehead atoms. The molecule has 0 aromatic rings. The standard InChI is InChI=1S/C12H23NO2.C11H19NO3/c1-5-15-11(14)8-12(3)9-13(4)7-6-10(12)2;1-4-15-10(14)7-11(2)8-12(3)6-5-9(11)13/h10H,5-9H2,1-4H3;4-8H2,1-3H3. The number of hydrogen-bond donors (Lipinski definition) is 0. The van der Waals surface area contributed by atoms with E-state index < -0.39 is 5.41 Å². The molecule has 2 aliphatic heterocycles. The third-order valence-corrected chi connectivity index (χ3v) is 6.47. The Labute approximate surface area is 182 Å². The molecule has 30 heavy (non-hydrogen) atoms. The maximum atomic E-state index is 11.8. The van der Waals surface area contributed by atoms with Crippen molar-refractivity contribution < 1.29 is 23.9 Å². The number of esters is 2. The molecule has 0 aliphatic carbocycles. The molecule has 0 aromatic carbocycles. The van der Waals surface area contributed by atoms with Gasteiger partial charge in [-0.05, 0) is 52.2 Å². The predicted molar refractivity (Wildman–Crippen MR) is 117 cm³/mol. The highest BCUT2D eigenvalue weighted by Crippen LogP contribution is 2.37. The molecule has 0 spiro atoms. The van der Waals surface area contributed by atoms with Gasteiger partial charge in [0.05, 0.1) is 26.1 Å². The van der Waals surface area contributed by atoms with Crippen molar-refractivity contribution in [1.82, 2.24) is 9.80 Å². The fraction of sp³-hybridized carbons (Fsp3) is 0.870. The van der Waals surface area contributed by atoms with Gasteiger partial charge in [-0.25, -0.2) is 0 Å². The van der Waals surface area contributed by atoms with Gasteiger partial charge in [0, 0.05) is 31.5 Å². The van der Waals surface area contributed by atoms with Crippen LogP contribution in [0.25, 0.3) is 0 Å². The van der Waals surface area contributed by atoms with Crippen LogP contribution in [0.3, 0.4) is 0 Å². The fourth-order valence-electron chi connectivity index (χ4n) is 4.43. The largest absolute Gasteiger partial charge is 0.466 e. The highest BCUT2D eigenvalue weighted by atomic mass is 16.5. The molecule has 2 aliphatic rings. The number of ether oxygens (including phenoxy) is 2. The molecule has 0 amide bonds. The van der Waals surface area contributed by atoms with E-state index >= 15 is 0 Å². The van der Waals surface area contributed by atoms with Gasteiger partial charge in [0.1, 0.15) is 5.78 Å². The zero-order valence-electron chi connectivity index (χ0n) is 20.1. The lowest BCUT2D eigenvalue weighted by atomic mass is 9.71. The number of hydrogen-bond acceptors (Lipinski definition) is 7. The van der Waals surface area contributed by atoms with Gasteiger partial charge in [0.25, 0.3) is 0 Å². The molecule has 2 fully saturated rings. The van der Waals surface area contributed by atoms with Crippen LogP contribution in [0.5, 0.6) is 0 Å². The topological polar surface area (TPSA) is 76.1 Å². The second-order valence-corrected chi connectivity index (χ2v) is 9.52. The molecule has 0 aromatic heterocycles. The van der Waals surface area contributed by atoms with Gasteiger partial charge >= 0.3 is 11.9 Å². The summed E-state index contributed by atoms with van der Waals surface area (Å²) >= 11 is 0. The number of Topliss-reactive ketones (excluding diaryl/α,β-unsaturated/α-hetero) is 1. The van der Waals surface area contributed by atoms with Gasteiger partial charge in [-0.3, -0.25) is 14.4 Å². The van der Waals surface area contributed by atoms with Gasteiger partial charge in [0.2, 0.25) is 0 Å². The summed E-state index contributed by atoms with van der Waals surface area (Å²) in [6.45, 7) is 14.3. The molecule has 7 heteroatoms. The highest BCUT2D eigenvalue weighted by molar-refractivity contribution is 5.89. The lowest BCUT2D eigenvalue weighted by Crippen LogP contribution is -2.47. The molecule has 2 saturated heterocycles. The minimum absolute atomic E-state index is 0.0536. The van der Waals surface area contributed by atoms with Crippen LogP contribution in [0.4, 0.5) is 0 Å². The third kappa shape index (κ3) is 7.99. The van der Waals surface area contributed by atoms with Crippen molar-refractivity contribution >= 4 is 17.7 Å². The summed E-state index contributed by atoms with van der Waals surface area (Å²) in [6.07, 6.45) is 2.45. The van der Waals surface area contributed by atoms with E-state index in [1.165, 1.54) is 6.42 Å². The van der Waals surface area contributed by atoms with Crippen molar-refractivity contribution in [2.24, 2.45) is 16.7 Å². The third-order valence-electron chi connectivity index (χ3n) is 6.47. The molecule has 2 rings (SSSR count). The van der Waals surface area contributed by atoms with Gasteiger partial charge in [-0.1, -0.05) is 20.8 Å². The first-order valence-electron chi connectivity index (χ1n) is 11.2. The maximum Gasteiger partial charge on any atom is 0.306 e. The summed E-state index contributed by atoms with van der Waals surface area (Å²) in [5.41, 5.74) is -0.474. The van der Waals surface area contributed by atoms with Crippen molar-refractivity contribution in [1.29, 1.82) is 0 Å². The Morgan fingerprint density at radius 1 is 0.967 bits per heavy atom. The first-order valence-corrected chi connectivity index (χ1v) is 11.2. The minimum Gasteiger partial charge on any atom is -0.466 e.